The van der Waals surface area contributed by atoms with Crippen molar-refractivity contribution in [1.82, 2.24) is 0 Å². The van der Waals surface area contributed by atoms with Crippen molar-refractivity contribution in [2.45, 2.75) is 10.8 Å². The molecule has 3 nitrogen and oxygen atoms in total. The highest BCUT2D eigenvalue weighted by Gasteiger charge is 2.53. The van der Waals surface area contributed by atoms with Crippen molar-refractivity contribution in [3.63, 3.8) is 0 Å². The van der Waals surface area contributed by atoms with Crippen molar-refractivity contribution in [3.05, 3.63) is 317 Å². The van der Waals surface area contributed by atoms with Gasteiger partial charge in [0.1, 0.15) is 23.0 Å². The van der Waals surface area contributed by atoms with E-state index >= 15 is 0 Å². The highest BCUT2D eigenvalue weighted by Crippen LogP contribution is 2.65. The zero-order chi connectivity index (χ0) is 49.2. The van der Waals surface area contributed by atoms with Crippen LogP contribution in [0, 0.1) is 0 Å². The molecule has 0 amide bonds. The highest BCUT2D eigenvalue weighted by atomic mass is 16.5. The Morgan fingerprint density at radius 1 is 0.253 bits per heavy atom. The van der Waals surface area contributed by atoms with E-state index in [4.69, 9.17) is 9.47 Å². The van der Waals surface area contributed by atoms with E-state index in [2.05, 4.69) is 278 Å². The summed E-state index contributed by atoms with van der Waals surface area (Å²) < 4.78 is 13.6. The Morgan fingerprint density at radius 3 is 1.27 bits per heavy atom. The van der Waals surface area contributed by atoms with E-state index in [1.54, 1.807) is 0 Å². The van der Waals surface area contributed by atoms with Gasteiger partial charge in [-0.3, -0.25) is 0 Å². The number of ether oxygens (including phenoxy) is 2. The number of hydrogen-bond acceptors (Lipinski definition) is 3. The minimum atomic E-state index is -0.645. The number of anilines is 3. The van der Waals surface area contributed by atoms with E-state index in [1.165, 1.54) is 61.0 Å². The third kappa shape index (κ3) is 5.75. The summed E-state index contributed by atoms with van der Waals surface area (Å²) >= 11 is 0. The lowest BCUT2D eigenvalue weighted by Crippen LogP contribution is -2.32. The molecule has 2 aliphatic heterocycles. The molecule has 0 N–H and O–H groups in total. The van der Waals surface area contributed by atoms with Crippen molar-refractivity contribution >= 4 is 27.8 Å². The van der Waals surface area contributed by atoms with Crippen molar-refractivity contribution in [3.8, 4) is 67.5 Å². The topological polar surface area (TPSA) is 21.7 Å². The number of benzene rings is 12. The van der Waals surface area contributed by atoms with E-state index in [0.29, 0.717) is 0 Å². The fraction of sp³-hybridized carbons (Fsp3) is 0.0278. The average Bonchev–Trinajstić information content (AvgIpc) is 3.94. The van der Waals surface area contributed by atoms with Crippen molar-refractivity contribution in [1.29, 1.82) is 0 Å². The molecular formula is C72H45NO2. The quantitative estimate of drug-likeness (QED) is 0.172. The summed E-state index contributed by atoms with van der Waals surface area (Å²) in [6, 6.07) is 100. The fourth-order valence-electron chi connectivity index (χ4n) is 13.6. The average molecular weight is 956 g/mol. The fourth-order valence-corrected chi connectivity index (χ4v) is 13.6. The molecule has 16 rings (SSSR count). The van der Waals surface area contributed by atoms with Crippen LogP contribution < -0.4 is 14.4 Å². The number of nitrogens with zero attached hydrogens (tertiary/aromatic N) is 1. The van der Waals surface area contributed by atoms with Gasteiger partial charge in [0.25, 0.3) is 0 Å². The summed E-state index contributed by atoms with van der Waals surface area (Å²) in [5.74, 6) is 3.51. The minimum Gasteiger partial charge on any atom is -0.457 e. The van der Waals surface area contributed by atoms with E-state index in [-0.39, 0.29) is 0 Å². The first-order chi connectivity index (χ1) is 37.2. The van der Waals surface area contributed by atoms with Crippen LogP contribution in [0.5, 0.6) is 23.0 Å². The lowest BCUT2D eigenvalue weighted by Gasteiger charge is -2.40. The second-order valence-electron chi connectivity index (χ2n) is 20.2. The molecule has 2 aliphatic carbocycles. The summed E-state index contributed by atoms with van der Waals surface area (Å²) in [6.45, 7) is 0. The zero-order valence-electron chi connectivity index (χ0n) is 40.7. The maximum Gasteiger partial charge on any atom is 0.132 e. The van der Waals surface area contributed by atoms with Crippen LogP contribution in [-0.4, -0.2) is 0 Å². The minimum absolute atomic E-state index is 0.628. The number of rotatable bonds is 5. The van der Waals surface area contributed by atoms with Gasteiger partial charge in [-0.15, -0.1) is 0 Å². The Bertz CT molecular complexity index is 4230. The number of hydrogen-bond donors (Lipinski definition) is 0. The molecule has 0 unspecified atom stereocenters. The van der Waals surface area contributed by atoms with Crippen molar-refractivity contribution < 1.29 is 9.47 Å². The molecular weight excluding hydrogens is 911 g/mol. The Morgan fingerprint density at radius 2 is 0.680 bits per heavy atom. The normalized spacial score (nSPS) is 14.0. The summed E-state index contributed by atoms with van der Waals surface area (Å²) in [5, 5.41) is 2.32. The molecule has 2 heterocycles. The standard InChI is InChI=1S/C72H45NO2/c1-2-19-46(20-3-1)47-37-39-48(40-38-47)51-22-6-13-31-65(51)73(50-41-42-54-52-23-4-7-25-57(52)71(63(54)44-50)59-27-9-14-33-67(59)74-68-34-15-10-28-60(68)71)66-32-18-21-49-43-56-53-24-5-8-26-58(53)72(64(56)45-55(49)66)61-29-11-16-35-69(61)75-70-36-17-12-30-62(70)72/h1-45H. The molecule has 4 aliphatic rings. The lowest BCUT2D eigenvalue weighted by molar-refractivity contribution is 0.436. The van der Waals surface area contributed by atoms with Crippen LogP contribution in [0.4, 0.5) is 17.1 Å². The first kappa shape index (κ1) is 41.9. The molecule has 0 fully saturated rings. The molecule has 0 aromatic heterocycles. The van der Waals surface area contributed by atoms with Crippen LogP contribution in [0.25, 0.3) is 55.3 Å². The largest absolute Gasteiger partial charge is 0.457 e. The van der Waals surface area contributed by atoms with Crippen LogP contribution in [0.2, 0.25) is 0 Å². The van der Waals surface area contributed by atoms with Crippen LogP contribution >= 0.6 is 0 Å². The van der Waals surface area contributed by atoms with Gasteiger partial charge in [0.15, 0.2) is 0 Å². The highest BCUT2D eigenvalue weighted by molar-refractivity contribution is 6.06. The first-order valence-corrected chi connectivity index (χ1v) is 25.9. The smallest absolute Gasteiger partial charge is 0.132 e. The molecule has 0 bridgehead atoms. The van der Waals surface area contributed by atoms with Gasteiger partial charge in [-0.05, 0) is 127 Å². The van der Waals surface area contributed by atoms with Gasteiger partial charge in [-0.1, -0.05) is 212 Å². The third-order valence-electron chi connectivity index (χ3n) is 16.6. The van der Waals surface area contributed by atoms with Crippen molar-refractivity contribution in [2.24, 2.45) is 0 Å². The lowest BCUT2D eigenvalue weighted by atomic mass is 9.66. The van der Waals surface area contributed by atoms with Gasteiger partial charge < -0.3 is 14.4 Å². The zero-order valence-corrected chi connectivity index (χ0v) is 40.7. The number of fused-ring (bicyclic) bond motifs is 19. The van der Waals surface area contributed by atoms with Gasteiger partial charge in [0, 0.05) is 38.9 Å². The molecule has 2 spiro atoms. The second-order valence-corrected chi connectivity index (χ2v) is 20.2. The summed E-state index contributed by atoms with van der Waals surface area (Å²) in [5.41, 5.74) is 21.1. The second kappa shape index (κ2) is 15.9. The van der Waals surface area contributed by atoms with E-state index < -0.39 is 10.8 Å². The molecule has 0 saturated heterocycles. The van der Waals surface area contributed by atoms with Gasteiger partial charge >= 0.3 is 0 Å². The Balaban J connectivity index is 0.987. The van der Waals surface area contributed by atoms with Crippen LogP contribution in [0.15, 0.2) is 273 Å². The molecule has 350 valence electrons. The Hall–Kier alpha value is -9.70. The summed E-state index contributed by atoms with van der Waals surface area (Å²) in [7, 11) is 0. The van der Waals surface area contributed by atoms with Gasteiger partial charge in [-0.2, -0.15) is 0 Å². The van der Waals surface area contributed by atoms with Gasteiger partial charge in [0.05, 0.1) is 22.2 Å². The molecule has 3 heteroatoms. The van der Waals surface area contributed by atoms with E-state index in [1.807, 2.05) is 0 Å². The van der Waals surface area contributed by atoms with Crippen LogP contribution in [0.3, 0.4) is 0 Å². The van der Waals surface area contributed by atoms with E-state index in [0.717, 1.165) is 78.8 Å². The predicted octanol–water partition coefficient (Wildman–Crippen LogP) is 18.6. The number of para-hydroxylation sites is 5. The molecule has 0 atom stereocenters. The molecule has 0 saturated carbocycles. The third-order valence-corrected chi connectivity index (χ3v) is 16.6. The van der Waals surface area contributed by atoms with Crippen LogP contribution in [0.1, 0.15) is 44.5 Å². The predicted molar refractivity (Wildman–Crippen MR) is 304 cm³/mol. The maximum absolute atomic E-state index is 6.79. The maximum atomic E-state index is 6.79. The Kier molecular flexibility index (Phi) is 8.88. The molecule has 12 aromatic rings. The molecule has 12 aromatic carbocycles. The van der Waals surface area contributed by atoms with Gasteiger partial charge in [0.2, 0.25) is 0 Å². The molecule has 0 radical (unpaired) electrons. The van der Waals surface area contributed by atoms with Crippen LogP contribution in [-0.2, 0) is 10.8 Å². The summed E-state index contributed by atoms with van der Waals surface area (Å²) in [4.78, 5) is 2.53. The molecule has 75 heavy (non-hydrogen) atoms. The summed E-state index contributed by atoms with van der Waals surface area (Å²) in [6.07, 6.45) is 0. The van der Waals surface area contributed by atoms with Crippen molar-refractivity contribution in [2.75, 3.05) is 4.90 Å². The Labute approximate surface area is 435 Å². The van der Waals surface area contributed by atoms with Gasteiger partial charge in [-0.25, -0.2) is 0 Å². The van der Waals surface area contributed by atoms with E-state index in [9.17, 15) is 0 Å². The monoisotopic (exact) mass is 955 g/mol. The first-order valence-electron chi connectivity index (χ1n) is 25.9. The SMILES string of the molecule is c1ccc(-c2ccc(-c3ccccc3N(c3ccc4c(c3)C3(c5ccccc5Oc5ccccc53)c3ccccc3-4)c3cccc4cc5c(cc34)C3(c4ccccc4Oc4ccccc43)c3ccccc3-5)cc2)cc1.